The third-order valence-corrected chi connectivity index (χ3v) is 10.0. The third-order valence-electron chi connectivity index (χ3n) is 8.71. The Morgan fingerprint density at radius 3 is 2.64 bits per heavy atom. The lowest BCUT2D eigenvalue weighted by Gasteiger charge is -2.58. The average Bonchev–Trinajstić information content (AvgIpc) is 2.90. The van der Waals surface area contributed by atoms with Crippen molar-refractivity contribution in [1.82, 2.24) is 0 Å². The number of hydrogen-bond acceptors (Lipinski definition) is 2. The molecule has 4 aliphatic rings. The number of nitrogens with two attached hydrogens (primary N) is 1. The lowest BCUT2D eigenvalue weighted by molar-refractivity contribution is -0.0251. The van der Waals surface area contributed by atoms with Gasteiger partial charge in [-0.3, -0.25) is 0 Å². The molecule has 0 aromatic heterocycles. The van der Waals surface area contributed by atoms with E-state index in [-0.39, 0.29) is 0 Å². The van der Waals surface area contributed by atoms with Gasteiger partial charge in [-0.2, -0.15) is 11.8 Å². The molecule has 0 bridgehead atoms. The van der Waals surface area contributed by atoms with Gasteiger partial charge in [0.15, 0.2) is 0 Å². The number of fused-ring (bicyclic) bond motifs is 5. The molecule has 0 heterocycles. The van der Waals surface area contributed by atoms with Crippen LogP contribution in [0.15, 0.2) is 23.8 Å². The van der Waals surface area contributed by atoms with E-state index < -0.39 is 0 Å². The molecule has 4 aliphatic carbocycles. The first-order valence-corrected chi connectivity index (χ1v) is 11.7. The van der Waals surface area contributed by atoms with E-state index in [0.29, 0.717) is 10.8 Å². The molecule has 3 unspecified atom stereocenters. The molecule has 1 nitrogen and oxygen atoms in total. The van der Waals surface area contributed by atoms with Crippen LogP contribution in [0.3, 0.4) is 0 Å². The molecule has 0 spiro atoms. The van der Waals surface area contributed by atoms with Crippen molar-refractivity contribution in [1.29, 1.82) is 0 Å². The van der Waals surface area contributed by atoms with Gasteiger partial charge in [0.1, 0.15) is 0 Å². The predicted octanol–water partition coefficient (Wildman–Crippen LogP) is 5.96. The van der Waals surface area contributed by atoms with Gasteiger partial charge in [-0.1, -0.05) is 37.6 Å². The fourth-order valence-electron chi connectivity index (χ4n) is 7.05. The highest BCUT2D eigenvalue weighted by molar-refractivity contribution is 8.00. The molecule has 0 aromatic rings. The summed E-state index contributed by atoms with van der Waals surface area (Å²) in [5, 5.41) is 0.756. The lowest BCUT2D eigenvalue weighted by atomic mass is 9.47. The van der Waals surface area contributed by atoms with Gasteiger partial charge in [0.2, 0.25) is 0 Å². The van der Waals surface area contributed by atoms with Crippen LogP contribution < -0.4 is 5.73 Å². The molecule has 25 heavy (non-hydrogen) atoms. The van der Waals surface area contributed by atoms with Crippen molar-refractivity contribution in [2.24, 2.45) is 34.3 Å². The lowest BCUT2D eigenvalue weighted by Crippen LogP contribution is -2.49. The largest absolute Gasteiger partial charge is 0.330 e. The second-order valence-electron chi connectivity index (χ2n) is 9.71. The zero-order valence-corrected chi connectivity index (χ0v) is 17.2. The highest BCUT2D eigenvalue weighted by Gasteiger charge is 2.57. The molecule has 3 fully saturated rings. The monoisotopic (exact) mass is 359 g/mol. The Balaban J connectivity index is 1.53. The van der Waals surface area contributed by atoms with Crippen LogP contribution in [0, 0.1) is 28.6 Å². The van der Waals surface area contributed by atoms with E-state index in [2.05, 4.69) is 38.3 Å². The van der Waals surface area contributed by atoms with E-state index in [1.807, 2.05) is 5.57 Å². The quantitative estimate of drug-likeness (QED) is 0.495. The Hall–Kier alpha value is -0.210. The maximum Gasteiger partial charge on any atom is 0.0230 e. The number of allylic oxidation sites excluding steroid dienone is 2. The van der Waals surface area contributed by atoms with E-state index in [1.54, 1.807) is 5.57 Å². The highest BCUT2D eigenvalue weighted by Crippen LogP contribution is 2.66. The number of thioether (sulfide) groups is 1. The topological polar surface area (TPSA) is 26.0 Å². The van der Waals surface area contributed by atoms with Gasteiger partial charge in [0.05, 0.1) is 0 Å². The second-order valence-corrected chi connectivity index (χ2v) is 11.1. The fourth-order valence-corrected chi connectivity index (χ4v) is 8.23. The van der Waals surface area contributed by atoms with Gasteiger partial charge >= 0.3 is 0 Å². The Morgan fingerprint density at radius 2 is 1.84 bits per heavy atom. The van der Waals surface area contributed by atoms with Crippen LogP contribution in [0.4, 0.5) is 0 Å². The van der Waals surface area contributed by atoms with Gasteiger partial charge < -0.3 is 5.73 Å². The first-order chi connectivity index (χ1) is 12.0. The summed E-state index contributed by atoms with van der Waals surface area (Å²) < 4.78 is 0. The molecule has 0 aliphatic heterocycles. The van der Waals surface area contributed by atoms with Gasteiger partial charge in [-0.05, 0) is 98.7 Å². The second kappa shape index (κ2) is 6.75. The molecule has 6 atom stereocenters. The smallest absolute Gasteiger partial charge is 0.0230 e. The Labute approximate surface area is 159 Å². The molecular formula is C23H37NS. The molecule has 140 valence electrons. The maximum absolute atomic E-state index is 5.67. The standard InChI is InChI=1S/C23H37NS/c1-16-5-8-20-19-7-6-17-15-18(25-14-4-13-24)9-11-23(17,3)21(19)10-12-22(16,20)2/h15,18-21H,1,4-14,24H2,2-3H3/t18-,19?,20?,21?,22-,23+/m1/s1. The fraction of sp³-hybridized carbons (Fsp3) is 0.826. The number of hydrogen-bond donors (Lipinski definition) is 1. The summed E-state index contributed by atoms with van der Waals surface area (Å²) in [5.74, 6) is 4.05. The minimum atomic E-state index is 0.466. The Morgan fingerprint density at radius 1 is 1.08 bits per heavy atom. The molecule has 0 saturated heterocycles. The Bertz CT molecular complexity index is 566. The summed E-state index contributed by atoms with van der Waals surface area (Å²) in [6, 6.07) is 0. The molecule has 2 heteroatoms. The summed E-state index contributed by atoms with van der Waals surface area (Å²) in [4.78, 5) is 0. The molecule has 0 amide bonds. The van der Waals surface area contributed by atoms with Crippen molar-refractivity contribution in [2.75, 3.05) is 12.3 Å². The minimum absolute atomic E-state index is 0.466. The maximum atomic E-state index is 5.67. The zero-order valence-electron chi connectivity index (χ0n) is 16.4. The van der Waals surface area contributed by atoms with Crippen molar-refractivity contribution in [3.8, 4) is 0 Å². The van der Waals surface area contributed by atoms with Gasteiger partial charge in [0, 0.05) is 5.25 Å². The van der Waals surface area contributed by atoms with E-state index in [9.17, 15) is 0 Å². The van der Waals surface area contributed by atoms with E-state index in [1.165, 1.54) is 57.1 Å². The molecular weight excluding hydrogens is 322 g/mol. The third kappa shape index (κ3) is 2.87. The molecule has 4 rings (SSSR count). The van der Waals surface area contributed by atoms with Crippen molar-refractivity contribution >= 4 is 11.8 Å². The Kier molecular flexibility index (Phi) is 4.90. The van der Waals surface area contributed by atoms with Crippen LogP contribution in [0.25, 0.3) is 0 Å². The van der Waals surface area contributed by atoms with Crippen LogP contribution in [-0.4, -0.2) is 17.5 Å². The van der Waals surface area contributed by atoms with Gasteiger partial charge in [-0.15, -0.1) is 0 Å². The summed E-state index contributed by atoms with van der Waals surface area (Å²) in [7, 11) is 0. The first-order valence-electron chi connectivity index (χ1n) is 10.7. The van der Waals surface area contributed by atoms with Crippen LogP contribution in [0.5, 0.6) is 0 Å². The number of rotatable bonds is 4. The van der Waals surface area contributed by atoms with E-state index in [0.717, 1.165) is 36.0 Å². The van der Waals surface area contributed by atoms with Gasteiger partial charge in [-0.25, -0.2) is 0 Å². The predicted molar refractivity (Wildman–Crippen MR) is 111 cm³/mol. The normalized spacial score (nSPS) is 46.2. The summed E-state index contributed by atoms with van der Waals surface area (Å²) >= 11 is 2.15. The van der Waals surface area contributed by atoms with Crippen LogP contribution in [0.2, 0.25) is 0 Å². The van der Waals surface area contributed by atoms with Crippen LogP contribution >= 0.6 is 11.8 Å². The van der Waals surface area contributed by atoms with Crippen LogP contribution in [0.1, 0.15) is 71.6 Å². The summed E-state index contributed by atoms with van der Waals surface area (Å²) in [6.07, 6.45) is 15.0. The molecule has 2 N–H and O–H groups in total. The van der Waals surface area contributed by atoms with Crippen LogP contribution in [-0.2, 0) is 0 Å². The molecule has 3 saturated carbocycles. The average molecular weight is 360 g/mol. The zero-order chi connectivity index (χ0) is 17.7. The van der Waals surface area contributed by atoms with Crippen molar-refractivity contribution in [3.63, 3.8) is 0 Å². The minimum Gasteiger partial charge on any atom is -0.330 e. The first kappa shape index (κ1) is 18.2. The highest BCUT2D eigenvalue weighted by atomic mass is 32.2. The molecule has 0 aromatic carbocycles. The summed E-state index contributed by atoms with van der Waals surface area (Å²) in [6.45, 7) is 10.5. The molecule has 0 radical (unpaired) electrons. The van der Waals surface area contributed by atoms with E-state index in [4.69, 9.17) is 5.73 Å². The van der Waals surface area contributed by atoms with Crippen molar-refractivity contribution in [2.45, 2.75) is 76.9 Å². The van der Waals surface area contributed by atoms with E-state index >= 15 is 0 Å². The van der Waals surface area contributed by atoms with Crippen molar-refractivity contribution in [3.05, 3.63) is 23.8 Å². The summed E-state index contributed by atoms with van der Waals surface area (Å²) in [5.41, 5.74) is 10.0. The van der Waals surface area contributed by atoms with Gasteiger partial charge in [0.25, 0.3) is 0 Å². The SMILES string of the molecule is C=C1CCC2C3CCC4=C[C@H](SCCCN)CC[C@]4(C)C3CC[C@]12C. The van der Waals surface area contributed by atoms with Crippen molar-refractivity contribution < 1.29 is 0 Å².